The average molecular weight is 372 g/mol. The molecule has 0 heterocycles. The van der Waals surface area contributed by atoms with Gasteiger partial charge in [-0.25, -0.2) is 18.7 Å². The van der Waals surface area contributed by atoms with Crippen LogP contribution in [0.15, 0.2) is 0 Å². The van der Waals surface area contributed by atoms with Crippen LogP contribution in [0.2, 0.25) is 0 Å². The summed E-state index contributed by atoms with van der Waals surface area (Å²) in [5, 5.41) is 32.6. The smallest absolute Gasteiger partial charge is 0.470 e. The van der Waals surface area contributed by atoms with Gasteiger partial charge in [0.1, 0.15) is 0 Å². The van der Waals surface area contributed by atoms with Crippen molar-refractivity contribution >= 4 is 27.6 Å². The summed E-state index contributed by atoms with van der Waals surface area (Å²) in [6, 6.07) is 0. The van der Waals surface area contributed by atoms with Gasteiger partial charge in [0.15, 0.2) is 12.2 Å². The van der Waals surface area contributed by atoms with Crippen LogP contribution >= 0.6 is 15.6 Å². The Balaban J connectivity index is 0. The summed E-state index contributed by atoms with van der Waals surface area (Å²) in [4.78, 5) is 52.3. The lowest BCUT2D eigenvalue weighted by molar-refractivity contribution is -0.148. The molecule has 0 saturated carbocycles. The first-order chi connectivity index (χ1) is 9.73. The largest absolute Gasteiger partial charge is 0.479 e. The Morgan fingerprint density at radius 1 is 0.773 bits per heavy atom. The number of carboxylic acids is 2. The van der Waals surface area contributed by atoms with Crippen LogP contribution in [0.4, 0.5) is 0 Å². The Labute approximate surface area is 122 Å². The molecule has 0 radical (unpaired) electrons. The van der Waals surface area contributed by atoms with Crippen molar-refractivity contribution in [3.05, 3.63) is 0 Å². The molecule has 14 nitrogen and oxygen atoms in total. The Hall–Kier alpha value is -0.920. The zero-order valence-electron chi connectivity index (χ0n) is 10.5. The van der Waals surface area contributed by atoms with Crippen molar-refractivity contribution in [2.45, 2.75) is 12.2 Å². The number of carbonyl (C=O) groups is 2. The molecule has 0 aromatic heterocycles. The maximum atomic E-state index is 10.0. The number of aliphatic carboxylic acids is 2. The summed E-state index contributed by atoms with van der Waals surface area (Å²) in [7, 11) is -9.67. The maximum Gasteiger partial charge on any atom is 0.470 e. The van der Waals surface area contributed by atoms with Crippen molar-refractivity contribution in [3.8, 4) is 0 Å². The number of aliphatic hydroxyl groups is 2. The summed E-state index contributed by atoms with van der Waals surface area (Å²) in [5.74, 6) is -3.26. The number of phosphoric ester groups is 2. The molecular formula is C6H14O14P2. The Kier molecular flexibility index (Phi) is 10.6. The van der Waals surface area contributed by atoms with E-state index in [2.05, 4.69) is 9.05 Å². The van der Waals surface area contributed by atoms with E-state index in [0.717, 1.165) is 0 Å². The molecule has 16 heteroatoms. The molecule has 0 aromatic rings. The fourth-order valence-corrected chi connectivity index (χ4v) is 1.62. The zero-order valence-corrected chi connectivity index (χ0v) is 12.3. The third kappa shape index (κ3) is 14.0. The minimum absolute atomic E-state index is 0.986. The molecule has 8 N–H and O–H groups in total. The number of carboxylic acid groups (broad SMARTS) is 2. The van der Waals surface area contributed by atoms with Crippen molar-refractivity contribution in [1.82, 2.24) is 0 Å². The molecule has 0 saturated heterocycles. The van der Waals surface area contributed by atoms with E-state index in [9.17, 15) is 18.7 Å². The van der Waals surface area contributed by atoms with Gasteiger partial charge in [0.2, 0.25) is 0 Å². The summed E-state index contributed by atoms with van der Waals surface area (Å²) < 4.78 is 27.3. The highest BCUT2D eigenvalue weighted by atomic mass is 31.2. The van der Waals surface area contributed by atoms with Gasteiger partial charge in [0, 0.05) is 0 Å². The van der Waals surface area contributed by atoms with Gasteiger partial charge in [-0.15, -0.1) is 0 Å². The predicted octanol–water partition coefficient (Wildman–Crippen LogP) is -2.92. The summed E-state index contributed by atoms with van der Waals surface area (Å²) in [6.45, 7) is -1.97. The molecule has 0 rings (SSSR count). The van der Waals surface area contributed by atoms with E-state index in [4.69, 9.17) is 40.0 Å². The average Bonchev–Trinajstić information content (AvgIpc) is 2.31. The van der Waals surface area contributed by atoms with Crippen LogP contribution in [-0.2, 0) is 27.8 Å². The third-order valence-corrected chi connectivity index (χ3v) is 2.47. The molecule has 132 valence electrons. The van der Waals surface area contributed by atoms with E-state index in [1.165, 1.54) is 0 Å². The molecule has 0 aliphatic heterocycles. The lowest BCUT2D eigenvalue weighted by Gasteiger charge is -2.10. The molecule has 22 heavy (non-hydrogen) atoms. The first-order valence-electron chi connectivity index (χ1n) is 4.88. The zero-order chi connectivity index (χ0) is 18.1. The minimum atomic E-state index is -4.83. The van der Waals surface area contributed by atoms with Gasteiger partial charge in [0.05, 0.1) is 13.2 Å². The Morgan fingerprint density at radius 3 is 1.05 bits per heavy atom. The van der Waals surface area contributed by atoms with Crippen molar-refractivity contribution in [2.75, 3.05) is 13.2 Å². The second kappa shape index (κ2) is 9.97. The highest BCUT2D eigenvalue weighted by molar-refractivity contribution is 7.46. The SMILES string of the molecule is O=C(O)[C@@H](CO)OP(=O)(O)O.O=C(O)[C@@H](CO)OP(=O)(O)O. The van der Waals surface area contributed by atoms with Gasteiger partial charge < -0.3 is 40.0 Å². The second-order valence-corrected chi connectivity index (χ2v) is 5.59. The lowest BCUT2D eigenvalue weighted by atomic mass is 10.4. The van der Waals surface area contributed by atoms with Gasteiger partial charge in [-0.1, -0.05) is 0 Å². The highest BCUT2D eigenvalue weighted by Gasteiger charge is 2.27. The quantitative estimate of drug-likeness (QED) is 0.199. The number of phosphoric acid groups is 2. The molecule has 0 bridgehead atoms. The number of aliphatic hydroxyl groups excluding tert-OH is 2. The maximum absolute atomic E-state index is 10.0. The van der Waals surface area contributed by atoms with Crippen LogP contribution in [0, 0.1) is 0 Å². The molecule has 0 aliphatic carbocycles. The van der Waals surface area contributed by atoms with Gasteiger partial charge in [-0.05, 0) is 0 Å². The van der Waals surface area contributed by atoms with Gasteiger partial charge >= 0.3 is 27.6 Å². The molecule has 0 amide bonds. The first-order valence-corrected chi connectivity index (χ1v) is 7.94. The number of rotatable bonds is 8. The van der Waals surface area contributed by atoms with E-state index >= 15 is 0 Å². The summed E-state index contributed by atoms with van der Waals surface area (Å²) in [6.07, 6.45) is -3.76. The molecule has 2 atom stereocenters. The molecule has 0 aliphatic rings. The van der Waals surface area contributed by atoms with E-state index in [0.29, 0.717) is 0 Å². The standard InChI is InChI=1S/2C3H7O7P/c2*4-1-2(3(5)6)10-11(7,8)9/h2*2,4H,1H2,(H,5,6)(H2,7,8,9)/t2*2-/m11/s1. The fraction of sp³-hybridized carbons (Fsp3) is 0.667. The lowest BCUT2D eigenvalue weighted by Crippen LogP contribution is -2.26. The molecule has 0 unspecified atom stereocenters. The monoisotopic (exact) mass is 372 g/mol. The van der Waals surface area contributed by atoms with Crippen molar-refractivity contribution in [1.29, 1.82) is 0 Å². The van der Waals surface area contributed by atoms with E-state index in [1.54, 1.807) is 0 Å². The van der Waals surface area contributed by atoms with Gasteiger partial charge in [-0.2, -0.15) is 0 Å². The van der Waals surface area contributed by atoms with Crippen LogP contribution in [0.5, 0.6) is 0 Å². The normalized spacial score (nSPS) is 14.5. The van der Waals surface area contributed by atoms with E-state index in [-0.39, 0.29) is 0 Å². The van der Waals surface area contributed by atoms with Crippen molar-refractivity contribution in [3.63, 3.8) is 0 Å². The van der Waals surface area contributed by atoms with Crippen LogP contribution in [0.1, 0.15) is 0 Å². The van der Waals surface area contributed by atoms with Crippen molar-refractivity contribution < 1.29 is 67.8 Å². The van der Waals surface area contributed by atoms with E-state index < -0.39 is 53.0 Å². The summed E-state index contributed by atoms with van der Waals surface area (Å²) in [5.41, 5.74) is 0. The second-order valence-electron chi connectivity index (χ2n) is 3.21. The van der Waals surface area contributed by atoms with Crippen LogP contribution < -0.4 is 0 Å². The molecule has 0 spiro atoms. The van der Waals surface area contributed by atoms with Crippen LogP contribution in [0.25, 0.3) is 0 Å². The number of hydrogen-bond acceptors (Lipinski definition) is 8. The van der Waals surface area contributed by atoms with Gasteiger partial charge in [0.25, 0.3) is 0 Å². The molecule has 0 aromatic carbocycles. The molecule has 0 fully saturated rings. The Morgan fingerprint density at radius 2 is 1.00 bits per heavy atom. The van der Waals surface area contributed by atoms with Crippen LogP contribution in [-0.4, -0.2) is 77.4 Å². The Bertz CT molecular complexity index is 406. The van der Waals surface area contributed by atoms with Gasteiger partial charge in [-0.3, -0.25) is 9.05 Å². The highest BCUT2D eigenvalue weighted by Crippen LogP contribution is 2.37. The van der Waals surface area contributed by atoms with E-state index in [1.807, 2.05) is 0 Å². The predicted molar refractivity (Wildman–Crippen MR) is 63.3 cm³/mol. The number of hydrogen-bond donors (Lipinski definition) is 8. The molecular weight excluding hydrogens is 358 g/mol. The fourth-order valence-electron chi connectivity index (χ4n) is 0.645. The third-order valence-electron chi connectivity index (χ3n) is 1.41. The first kappa shape index (κ1) is 23.3. The topological polar surface area (TPSA) is 249 Å². The van der Waals surface area contributed by atoms with Crippen molar-refractivity contribution in [2.24, 2.45) is 0 Å². The minimum Gasteiger partial charge on any atom is -0.479 e. The summed E-state index contributed by atoms with van der Waals surface area (Å²) >= 11 is 0. The van der Waals surface area contributed by atoms with Crippen LogP contribution in [0.3, 0.4) is 0 Å².